The molecule has 2 aromatic carbocycles. The largest absolute Gasteiger partial charge is 0.508 e. The van der Waals surface area contributed by atoms with Gasteiger partial charge >= 0.3 is 0 Å². The van der Waals surface area contributed by atoms with Gasteiger partial charge < -0.3 is 14.6 Å². The summed E-state index contributed by atoms with van der Waals surface area (Å²) in [6, 6.07) is 16.2. The van der Waals surface area contributed by atoms with Crippen LogP contribution in [0.25, 0.3) is 0 Å². The third-order valence-electron chi connectivity index (χ3n) is 7.89. The van der Waals surface area contributed by atoms with Crippen molar-refractivity contribution in [1.82, 2.24) is 10.9 Å². The number of hydrogen-bond donors (Lipinski definition) is 3. The van der Waals surface area contributed by atoms with Gasteiger partial charge in [0.05, 0.1) is 0 Å². The standard InChI is InChI=1S/C36H60N2O3/c1-32(2,3)24-30(40-14)41-28-21-17-25(18-22-28)29(33(4,5)6)23-35(10,11)37-38-36(12,13)31(34(7,8)9)26-15-19-27(39)20-16-26/h15-22,29-31,37-39H,23-24H2,1-14H3. The Bertz CT molecular complexity index is 1070. The molecule has 0 aliphatic carbocycles. The van der Waals surface area contributed by atoms with Crippen LogP contribution >= 0.6 is 0 Å². The number of phenols is 1. The molecule has 0 aromatic heterocycles. The van der Waals surface area contributed by atoms with E-state index in [1.54, 1.807) is 19.2 Å². The molecule has 0 aliphatic rings. The Hall–Kier alpha value is -2.08. The molecule has 0 heterocycles. The SMILES string of the molecule is COC(CC(C)(C)C)Oc1ccc(C(CC(C)(C)NNC(C)(C)C(c2ccc(O)cc2)C(C)(C)C)C(C)(C)C)cc1. The summed E-state index contributed by atoms with van der Waals surface area (Å²) in [6.07, 6.45) is 1.50. The fourth-order valence-corrected chi connectivity index (χ4v) is 6.16. The van der Waals surface area contributed by atoms with Crippen molar-refractivity contribution in [3.05, 3.63) is 59.7 Å². The zero-order valence-electron chi connectivity index (χ0n) is 28.5. The van der Waals surface area contributed by atoms with Gasteiger partial charge in [-0.1, -0.05) is 86.6 Å². The van der Waals surface area contributed by atoms with Crippen LogP contribution in [-0.2, 0) is 4.74 Å². The lowest BCUT2D eigenvalue weighted by Gasteiger charge is -2.46. The summed E-state index contributed by atoms with van der Waals surface area (Å²) >= 11 is 0. The van der Waals surface area contributed by atoms with Crippen molar-refractivity contribution in [2.45, 2.75) is 132 Å². The van der Waals surface area contributed by atoms with Crippen LogP contribution in [0.2, 0.25) is 0 Å². The monoisotopic (exact) mass is 568 g/mol. The minimum atomic E-state index is -0.268. The predicted octanol–water partition coefficient (Wildman–Crippen LogP) is 9.18. The molecule has 0 radical (unpaired) electrons. The number of hydrogen-bond acceptors (Lipinski definition) is 5. The van der Waals surface area contributed by atoms with E-state index in [4.69, 9.17) is 9.47 Å². The van der Waals surface area contributed by atoms with Crippen LogP contribution in [0.15, 0.2) is 48.5 Å². The quantitative estimate of drug-likeness (QED) is 0.176. The Kier molecular flexibility index (Phi) is 11.2. The molecule has 3 atom stereocenters. The summed E-state index contributed by atoms with van der Waals surface area (Å²) < 4.78 is 11.8. The highest BCUT2D eigenvalue weighted by molar-refractivity contribution is 5.32. The molecular formula is C36H60N2O3. The average molecular weight is 569 g/mol. The van der Waals surface area contributed by atoms with Crippen molar-refractivity contribution in [1.29, 1.82) is 0 Å². The van der Waals surface area contributed by atoms with Gasteiger partial charge in [0.2, 0.25) is 0 Å². The second-order valence-electron chi connectivity index (χ2n) is 16.5. The molecule has 3 unspecified atom stereocenters. The molecule has 0 spiro atoms. The molecule has 2 rings (SSSR count). The zero-order valence-corrected chi connectivity index (χ0v) is 28.5. The predicted molar refractivity (Wildman–Crippen MR) is 173 cm³/mol. The number of methoxy groups -OCH3 is 1. The fourth-order valence-electron chi connectivity index (χ4n) is 6.16. The van der Waals surface area contributed by atoms with Crippen LogP contribution in [0, 0.1) is 16.2 Å². The Balaban J connectivity index is 2.21. The summed E-state index contributed by atoms with van der Waals surface area (Å²) in [4.78, 5) is 0. The van der Waals surface area contributed by atoms with Gasteiger partial charge in [-0.3, -0.25) is 10.9 Å². The van der Waals surface area contributed by atoms with E-state index in [9.17, 15) is 5.11 Å². The number of hydrazine groups is 1. The first kappa shape index (κ1) is 35.1. The fraction of sp³-hybridized carbons (Fsp3) is 0.667. The van der Waals surface area contributed by atoms with E-state index in [-0.39, 0.29) is 39.5 Å². The molecule has 3 N–H and O–H groups in total. The Morgan fingerprint density at radius 1 is 0.659 bits per heavy atom. The van der Waals surface area contributed by atoms with E-state index in [2.05, 4.69) is 125 Å². The summed E-state index contributed by atoms with van der Waals surface area (Å²) in [5, 5.41) is 9.86. The van der Waals surface area contributed by atoms with E-state index in [1.165, 1.54) is 11.1 Å². The third kappa shape index (κ3) is 10.9. The molecule has 0 saturated carbocycles. The lowest BCUT2D eigenvalue weighted by atomic mass is 9.67. The maximum absolute atomic E-state index is 9.86. The highest BCUT2D eigenvalue weighted by atomic mass is 16.7. The Morgan fingerprint density at radius 3 is 1.61 bits per heavy atom. The second-order valence-corrected chi connectivity index (χ2v) is 16.5. The van der Waals surface area contributed by atoms with Gasteiger partial charge in [0.25, 0.3) is 0 Å². The van der Waals surface area contributed by atoms with Crippen molar-refractivity contribution in [2.75, 3.05) is 7.11 Å². The molecule has 5 heteroatoms. The smallest absolute Gasteiger partial charge is 0.200 e. The lowest BCUT2D eigenvalue weighted by molar-refractivity contribution is -0.0756. The van der Waals surface area contributed by atoms with Crippen LogP contribution in [-0.4, -0.2) is 29.6 Å². The van der Waals surface area contributed by atoms with Crippen molar-refractivity contribution < 1.29 is 14.6 Å². The molecule has 0 aliphatic heterocycles. The minimum Gasteiger partial charge on any atom is -0.508 e. The van der Waals surface area contributed by atoms with Gasteiger partial charge in [0, 0.05) is 30.5 Å². The molecule has 5 nitrogen and oxygen atoms in total. The molecule has 2 aromatic rings. The maximum Gasteiger partial charge on any atom is 0.200 e. The Labute approximate surface area is 251 Å². The number of aromatic hydroxyl groups is 1. The summed E-state index contributed by atoms with van der Waals surface area (Å²) in [5.41, 5.74) is 9.74. The molecule has 41 heavy (non-hydrogen) atoms. The molecular weight excluding hydrogens is 508 g/mol. The van der Waals surface area contributed by atoms with Gasteiger partial charge in [-0.15, -0.1) is 0 Å². The number of nitrogens with one attached hydrogen (secondary N) is 2. The van der Waals surface area contributed by atoms with Gasteiger partial charge in [-0.25, -0.2) is 0 Å². The highest BCUT2D eigenvalue weighted by Crippen LogP contribution is 2.44. The first-order chi connectivity index (χ1) is 18.5. The third-order valence-corrected chi connectivity index (χ3v) is 7.89. The van der Waals surface area contributed by atoms with E-state index in [0.29, 0.717) is 11.7 Å². The lowest BCUT2D eigenvalue weighted by Crippen LogP contribution is -2.60. The maximum atomic E-state index is 9.86. The van der Waals surface area contributed by atoms with E-state index in [1.807, 2.05) is 12.1 Å². The van der Waals surface area contributed by atoms with E-state index < -0.39 is 0 Å². The van der Waals surface area contributed by atoms with Crippen LogP contribution in [0.1, 0.15) is 126 Å². The van der Waals surface area contributed by atoms with Gasteiger partial charge in [-0.2, -0.15) is 0 Å². The van der Waals surface area contributed by atoms with Crippen molar-refractivity contribution in [3.8, 4) is 11.5 Å². The number of benzene rings is 2. The van der Waals surface area contributed by atoms with Crippen LogP contribution in [0.4, 0.5) is 0 Å². The van der Waals surface area contributed by atoms with Crippen molar-refractivity contribution >= 4 is 0 Å². The first-order valence-corrected chi connectivity index (χ1v) is 15.2. The van der Waals surface area contributed by atoms with Crippen LogP contribution in [0.5, 0.6) is 11.5 Å². The zero-order chi connectivity index (χ0) is 31.4. The normalized spacial score (nSPS) is 15.9. The van der Waals surface area contributed by atoms with Gasteiger partial charge in [0.15, 0.2) is 6.29 Å². The first-order valence-electron chi connectivity index (χ1n) is 15.2. The summed E-state index contributed by atoms with van der Waals surface area (Å²) in [6.45, 7) is 29.4. The van der Waals surface area contributed by atoms with Crippen LogP contribution < -0.4 is 15.6 Å². The summed E-state index contributed by atoms with van der Waals surface area (Å²) in [5.74, 6) is 1.66. The van der Waals surface area contributed by atoms with Crippen LogP contribution in [0.3, 0.4) is 0 Å². The molecule has 232 valence electrons. The van der Waals surface area contributed by atoms with Gasteiger partial charge in [-0.05, 0) is 91.7 Å². The minimum absolute atomic E-state index is 0.00572. The average Bonchev–Trinajstić information content (AvgIpc) is 2.80. The highest BCUT2D eigenvalue weighted by Gasteiger charge is 2.41. The number of ether oxygens (including phenoxy) is 2. The number of rotatable bonds is 12. The summed E-state index contributed by atoms with van der Waals surface area (Å²) in [7, 11) is 1.71. The van der Waals surface area contributed by atoms with E-state index in [0.717, 1.165) is 18.6 Å². The van der Waals surface area contributed by atoms with Crippen molar-refractivity contribution in [3.63, 3.8) is 0 Å². The molecule has 0 bridgehead atoms. The Morgan fingerprint density at radius 2 is 1.17 bits per heavy atom. The number of phenolic OH excluding ortho intramolecular Hbond substituents is 1. The van der Waals surface area contributed by atoms with Gasteiger partial charge in [0.1, 0.15) is 11.5 Å². The molecule has 0 fully saturated rings. The van der Waals surface area contributed by atoms with E-state index >= 15 is 0 Å². The molecule has 0 saturated heterocycles. The molecule has 0 amide bonds. The topological polar surface area (TPSA) is 62.8 Å². The van der Waals surface area contributed by atoms with Crippen molar-refractivity contribution in [2.24, 2.45) is 16.2 Å². The second kappa shape index (κ2) is 13.1.